The maximum Gasteiger partial charge on any atom is 0.225 e. The molecule has 0 aliphatic heterocycles. The number of nitrogens with one attached hydrogen (secondary N) is 1. The third kappa shape index (κ3) is 3.43. The molecular weight excluding hydrogens is 287 g/mol. The molecule has 0 amide bonds. The molecule has 0 bridgehead atoms. The molecule has 102 valence electrons. The van der Waals surface area contributed by atoms with Crippen LogP contribution in [0.3, 0.4) is 0 Å². The highest BCUT2D eigenvalue weighted by Crippen LogP contribution is 2.23. The number of hydrogen-bond acceptors (Lipinski definition) is 5. The van der Waals surface area contributed by atoms with E-state index in [9.17, 15) is 5.11 Å². The predicted molar refractivity (Wildman–Crippen MR) is 76.8 cm³/mol. The largest absolute Gasteiger partial charge is 0.394 e. The van der Waals surface area contributed by atoms with E-state index < -0.39 is 0 Å². The van der Waals surface area contributed by atoms with Gasteiger partial charge in [-0.25, -0.2) is 9.97 Å². The summed E-state index contributed by atoms with van der Waals surface area (Å²) in [5.41, 5.74) is 1.16. The molecule has 0 radical (unpaired) electrons. The van der Waals surface area contributed by atoms with Gasteiger partial charge in [0.25, 0.3) is 0 Å². The first-order valence-electron chi connectivity index (χ1n) is 6.00. The Bertz CT molecular complexity index is 574. The third-order valence-corrected chi connectivity index (χ3v) is 3.05. The summed E-state index contributed by atoms with van der Waals surface area (Å²) in [6.07, 6.45) is 3.31. The molecule has 5 nitrogen and oxygen atoms in total. The molecule has 2 aromatic heterocycles. The van der Waals surface area contributed by atoms with Gasteiger partial charge in [0.2, 0.25) is 5.28 Å². The van der Waals surface area contributed by atoms with E-state index in [0.29, 0.717) is 21.9 Å². The highest BCUT2D eigenvalue weighted by atomic mass is 35.5. The number of pyridine rings is 1. The van der Waals surface area contributed by atoms with Gasteiger partial charge in [0.1, 0.15) is 5.52 Å². The Morgan fingerprint density at radius 2 is 2.16 bits per heavy atom. The van der Waals surface area contributed by atoms with Gasteiger partial charge in [-0.05, 0) is 24.1 Å². The highest BCUT2D eigenvalue weighted by Gasteiger charge is 2.13. The average Bonchev–Trinajstić information content (AvgIpc) is 2.37. The Hall–Kier alpha value is -1.17. The van der Waals surface area contributed by atoms with Gasteiger partial charge in [0.05, 0.1) is 23.2 Å². The van der Waals surface area contributed by atoms with Gasteiger partial charge in [0.15, 0.2) is 5.82 Å². The van der Waals surface area contributed by atoms with Crippen LogP contribution in [-0.2, 0) is 0 Å². The summed E-state index contributed by atoms with van der Waals surface area (Å²) in [6, 6.07) is 1.59. The zero-order chi connectivity index (χ0) is 13.8. The standard InChI is InChI=1S/C12H14Cl2N4O/c1-2-3-8(6-19)16-11-10-9(17-12(14)18-11)4-7(13)5-15-10/h4-5,8,19H,2-3,6H2,1H3,(H,16,17,18)/t8-/m0/s1. The summed E-state index contributed by atoms with van der Waals surface area (Å²) in [5, 5.41) is 13.1. The lowest BCUT2D eigenvalue weighted by Crippen LogP contribution is -2.24. The van der Waals surface area contributed by atoms with Crippen LogP contribution in [0.25, 0.3) is 11.0 Å². The van der Waals surface area contributed by atoms with Gasteiger partial charge in [-0.2, -0.15) is 4.98 Å². The van der Waals surface area contributed by atoms with Crippen molar-refractivity contribution in [3.63, 3.8) is 0 Å². The second kappa shape index (κ2) is 6.32. The number of rotatable bonds is 5. The molecule has 2 rings (SSSR count). The second-order valence-electron chi connectivity index (χ2n) is 4.18. The summed E-state index contributed by atoms with van der Waals surface area (Å²) in [7, 11) is 0. The van der Waals surface area contributed by atoms with Gasteiger partial charge >= 0.3 is 0 Å². The first kappa shape index (κ1) is 14.2. The predicted octanol–water partition coefficient (Wildman–Crippen LogP) is 2.90. The van der Waals surface area contributed by atoms with Crippen LogP contribution in [0.1, 0.15) is 19.8 Å². The van der Waals surface area contributed by atoms with Crippen LogP contribution in [0.15, 0.2) is 12.3 Å². The minimum Gasteiger partial charge on any atom is -0.394 e. The van der Waals surface area contributed by atoms with Crippen molar-refractivity contribution in [3.8, 4) is 0 Å². The van der Waals surface area contributed by atoms with Crippen LogP contribution >= 0.6 is 23.2 Å². The number of nitrogens with zero attached hydrogens (tertiary/aromatic N) is 3. The number of aliphatic hydroxyl groups excluding tert-OH is 1. The zero-order valence-electron chi connectivity index (χ0n) is 10.4. The number of halogens is 2. The fraction of sp³-hybridized carbons (Fsp3) is 0.417. The maximum absolute atomic E-state index is 9.32. The molecule has 0 saturated carbocycles. The van der Waals surface area contributed by atoms with Gasteiger partial charge in [-0.3, -0.25) is 0 Å². The molecular formula is C12H14Cl2N4O. The fourth-order valence-corrected chi connectivity index (χ4v) is 2.15. The molecule has 0 unspecified atom stereocenters. The Balaban J connectivity index is 2.41. The minimum absolute atomic E-state index is 0.0184. The molecule has 0 aliphatic carbocycles. The van der Waals surface area contributed by atoms with Crippen LogP contribution in [0.4, 0.5) is 5.82 Å². The Labute approximate surface area is 121 Å². The van der Waals surface area contributed by atoms with Gasteiger partial charge in [-0.15, -0.1) is 0 Å². The van der Waals surface area contributed by atoms with E-state index in [1.807, 2.05) is 6.92 Å². The number of hydrogen-bond donors (Lipinski definition) is 2. The SMILES string of the molecule is CCC[C@@H](CO)Nc1nc(Cl)nc2cc(Cl)cnc12. The number of fused-ring (bicyclic) bond motifs is 1. The van der Waals surface area contributed by atoms with E-state index >= 15 is 0 Å². The van der Waals surface area contributed by atoms with Crippen LogP contribution in [0.5, 0.6) is 0 Å². The quantitative estimate of drug-likeness (QED) is 0.831. The van der Waals surface area contributed by atoms with E-state index in [-0.39, 0.29) is 17.9 Å². The van der Waals surface area contributed by atoms with Crippen LogP contribution in [0.2, 0.25) is 10.3 Å². The molecule has 19 heavy (non-hydrogen) atoms. The molecule has 0 fully saturated rings. The summed E-state index contributed by atoms with van der Waals surface area (Å²) >= 11 is 11.8. The molecule has 0 saturated heterocycles. The summed E-state index contributed by atoms with van der Waals surface area (Å²) < 4.78 is 0. The van der Waals surface area contributed by atoms with Crippen molar-refractivity contribution in [2.45, 2.75) is 25.8 Å². The Kier molecular flexibility index (Phi) is 4.74. The number of aromatic nitrogens is 3. The molecule has 0 spiro atoms. The Morgan fingerprint density at radius 1 is 1.37 bits per heavy atom. The Morgan fingerprint density at radius 3 is 2.84 bits per heavy atom. The number of aliphatic hydroxyl groups is 1. The van der Waals surface area contributed by atoms with E-state index in [0.717, 1.165) is 12.8 Å². The van der Waals surface area contributed by atoms with Crippen molar-refractivity contribution in [2.24, 2.45) is 0 Å². The van der Waals surface area contributed by atoms with Gasteiger partial charge < -0.3 is 10.4 Å². The van der Waals surface area contributed by atoms with E-state index in [1.54, 1.807) is 6.07 Å². The van der Waals surface area contributed by atoms with Crippen molar-refractivity contribution in [1.29, 1.82) is 0 Å². The fourth-order valence-electron chi connectivity index (χ4n) is 1.82. The van der Waals surface area contributed by atoms with E-state index in [1.165, 1.54) is 6.20 Å². The first-order valence-corrected chi connectivity index (χ1v) is 6.75. The van der Waals surface area contributed by atoms with Gasteiger partial charge in [-0.1, -0.05) is 24.9 Å². The van der Waals surface area contributed by atoms with Crippen molar-refractivity contribution in [3.05, 3.63) is 22.6 Å². The van der Waals surface area contributed by atoms with E-state index in [2.05, 4.69) is 20.3 Å². The first-order chi connectivity index (χ1) is 9.13. The van der Waals surface area contributed by atoms with Gasteiger partial charge in [0, 0.05) is 6.20 Å². The van der Waals surface area contributed by atoms with Crippen molar-refractivity contribution in [2.75, 3.05) is 11.9 Å². The number of anilines is 1. The molecule has 2 aromatic rings. The van der Waals surface area contributed by atoms with Crippen molar-refractivity contribution < 1.29 is 5.11 Å². The maximum atomic E-state index is 9.32. The highest BCUT2D eigenvalue weighted by molar-refractivity contribution is 6.31. The average molecular weight is 301 g/mol. The normalized spacial score (nSPS) is 12.6. The second-order valence-corrected chi connectivity index (χ2v) is 4.95. The summed E-state index contributed by atoms with van der Waals surface area (Å²) in [6.45, 7) is 2.07. The van der Waals surface area contributed by atoms with Crippen LogP contribution in [-0.4, -0.2) is 32.7 Å². The monoisotopic (exact) mass is 300 g/mol. The topological polar surface area (TPSA) is 70.9 Å². The van der Waals surface area contributed by atoms with Crippen molar-refractivity contribution in [1.82, 2.24) is 15.0 Å². The molecule has 7 heteroatoms. The lowest BCUT2D eigenvalue weighted by atomic mass is 10.2. The molecule has 0 aliphatic rings. The van der Waals surface area contributed by atoms with Crippen LogP contribution in [0, 0.1) is 0 Å². The third-order valence-electron chi connectivity index (χ3n) is 2.67. The lowest BCUT2D eigenvalue weighted by molar-refractivity contribution is 0.268. The van der Waals surface area contributed by atoms with E-state index in [4.69, 9.17) is 23.2 Å². The van der Waals surface area contributed by atoms with Crippen molar-refractivity contribution >= 4 is 40.1 Å². The molecule has 2 heterocycles. The summed E-state index contributed by atoms with van der Waals surface area (Å²) in [5.74, 6) is 0.513. The molecule has 1 atom stereocenters. The molecule has 0 aromatic carbocycles. The zero-order valence-corrected chi connectivity index (χ0v) is 11.9. The smallest absolute Gasteiger partial charge is 0.225 e. The van der Waals surface area contributed by atoms with Crippen LogP contribution < -0.4 is 5.32 Å². The molecule has 2 N–H and O–H groups in total. The lowest BCUT2D eigenvalue weighted by Gasteiger charge is -2.16. The minimum atomic E-state index is -0.0864. The summed E-state index contributed by atoms with van der Waals surface area (Å²) in [4.78, 5) is 12.4.